The number of ether oxygens (including phenoxy) is 1. The third kappa shape index (κ3) is 5.80. The number of amides is 1. The number of benzene rings is 2. The molecule has 0 bridgehead atoms. The zero-order chi connectivity index (χ0) is 31.8. The van der Waals surface area contributed by atoms with E-state index in [1.165, 1.54) is 30.6 Å². The summed E-state index contributed by atoms with van der Waals surface area (Å²) in [5.74, 6) is -3.76. The molecule has 13 heteroatoms. The smallest absolute Gasteiger partial charge is 0.264 e. The third-order valence-electron chi connectivity index (χ3n) is 7.92. The molecule has 10 nitrogen and oxygen atoms in total. The Morgan fingerprint density at radius 1 is 1.20 bits per heavy atom. The molecule has 4 aromatic rings. The van der Waals surface area contributed by atoms with Crippen molar-refractivity contribution < 1.29 is 22.7 Å². The van der Waals surface area contributed by atoms with Gasteiger partial charge in [0.15, 0.2) is 17.2 Å². The predicted octanol–water partition coefficient (Wildman–Crippen LogP) is 5.07. The van der Waals surface area contributed by atoms with Gasteiger partial charge in [-0.25, -0.2) is 23.4 Å². The fraction of sp³-hybridized carbons (Fsp3) is 0.323. The Morgan fingerprint density at radius 3 is 2.68 bits per heavy atom. The molecule has 2 N–H and O–H groups in total. The largest absolute Gasteiger partial charge is 0.454 e. The van der Waals surface area contributed by atoms with E-state index in [0.29, 0.717) is 24.0 Å². The second-order valence-electron chi connectivity index (χ2n) is 11.3. The van der Waals surface area contributed by atoms with Gasteiger partial charge in [0, 0.05) is 23.7 Å². The fourth-order valence-corrected chi connectivity index (χ4v) is 5.06. The molecule has 2 aromatic heterocycles. The van der Waals surface area contributed by atoms with E-state index in [0.717, 1.165) is 18.6 Å². The molecule has 2 aromatic carbocycles. The first-order valence-corrected chi connectivity index (χ1v) is 13.9. The summed E-state index contributed by atoms with van der Waals surface area (Å²) < 4.78 is 50.1. The van der Waals surface area contributed by atoms with E-state index in [1.807, 2.05) is 32.8 Å². The summed E-state index contributed by atoms with van der Waals surface area (Å²) in [5, 5.41) is 14.8. The Kier molecular flexibility index (Phi) is 8.29. The highest BCUT2D eigenvalue weighted by Gasteiger charge is 2.33. The standard InChI is InChI=1S/C31H31F3N8O2/c1-31(2,40(3)4)14-18(15-35)30(43)41-12-6-7-19(41)16-42-29-25(28(36)37-17-38-29)27(39-42)21-11-10-20(13-23(21)33)44-24-9-5-8-22(32)26(24)34/h5,8-11,13-14,17,19H,6-7,12,16H2,1-4H3,(H2,36,37,38)/b18-14-/t19-/m0/s1. The molecular formula is C31H31F3N8O2. The second-order valence-corrected chi connectivity index (χ2v) is 11.3. The number of anilines is 1. The second kappa shape index (κ2) is 12.0. The number of halogens is 3. The van der Waals surface area contributed by atoms with Crippen molar-refractivity contribution >= 4 is 22.8 Å². The maximum atomic E-state index is 15.5. The van der Waals surface area contributed by atoms with Crippen LogP contribution in [0.4, 0.5) is 19.0 Å². The molecule has 44 heavy (non-hydrogen) atoms. The molecule has 1 saturated heterocycles. The van der Waals surface area contributed by atoms with Crippen LogP contribution in [0.2, 0.25) is 0 Å². The number of carbonyl (C=O) groups is 1. The van der Waals surface area contributed by atoms with Gasteiger partial charge < -0.3 is 20.3 Å². The van der Waals surface area contributed by atoms with Crippen molar-refractivity contribution in [2.45, 2.75) is 44.8 Å². The number of rotatable bonds is 8. The van der Waals surface area contributed by atoms with E-state index in [9.17, 15) is 18.8 Å². The van der Waals surface area contributed by atoms with Gasteiger partial charge in [0.05, 0.1) is 18.0 Å². The highest BCUT2D eigenvalue weighted by molar-refractivity contribution is 5.99. The Balaban J connectivity index is 1.47. The van der Waals surface area contributed by atoms with Crippen LogP contribution in [0.25, 0.3) is 22.3 Å². The molecule has 3 heterocycles. The number of likely N-dealkylation sites (N-methyl/N-ethyl adjacent to an activating group) is 1. The van der Waals surface area contributed by atoms with Crippen LogP contribution in [-0.2, 0) is 11.3 Å². The van der Waals surface area contributed by atoms with Crippen molar-refractivity contribution in [2.75, 3.05) is 26.4 Å². The lowest BCUT2D eigenvalue weighted by Gasteiger charge is -2.30. The van der Waals surface area contributed by atoms with E-state index < -0.39 is 23.0 Å². The first kappa shape index (κ1) is 30.5. The number of nitrogens with zero attached hydrogens (tertiary/aromatic N) is 7. The Labute approximate surface area is 252 Å². The van der Waals surface area contributed by atoms with Crippen LogP contribution in [-0.4, -0.2) is 67.7 Å². The number of nitrogen functional groups attached to an aromatic ring is 1. The maximum absolute atomic E-state index is 15.5. The summed E-state index contributed by atoms with van der Waals surface area (Å²) in [6, 6.07) is 9.03. The van der Waals surface area contributed by atoms with Gasteiger partial charge in [-0.15, -0.1) is 0 Å². The highest BCUT2D eigenvalue weighted by atomic mass is 19.2. The average molecular weight is 605 g/mol. The molecule has 0 radical (unpaired) electrons. The van der Waals surface area contributed by atoms with E-state index in [-0.39, 0.29) is 52.6 Å². The Bertz CT molecular complexity index is 1810. The van der Waals surface area contributed by atoms with E-state index >= 15 is 4.39 Å². The summed E-state index contributed by atoms with van der Waals surface area (Å²) in [6.45, 7) is 4.52. The molecular weight excluding hydrogens is 573 g/mol. The van der Waals surface area contributed by atoms with Gasteiger partial charge in [-0.1, -0.05) is 6.07 Å². The van der Waals surface area contributed by atoms with Crippen LogP contribution in [0, 0.1) is 28.8 Å². The van der Waals surface area contributed by atoms with Crippen LogP contribution in [0.5, 0.6) is 11.5 Å². The number of fused-ring (bicyclic) bond motifs is 1. The number of hydrogen-bond acceptors (Lipinski definition) is 8. The number of carbonyl (C=O) groups excluding carboxylic acids is 1. The average Bonchev–Trinajstić information content (AvgIpc) is 3.59. The van der Waals surface area contributed by atoms with Crippen LogP contribution >= 0.6 is 0 Å². The lowest BCUT2D eigenvalue weighted by Crippen LogP contribution is -2.41. The molecule has 1 aliphatic heterocycles. The van der Waals surface area contributed by atoms with Gasteiger partial charge >= 0.3 is 0 Å². The highest BCUT2D eigenvalue weighted by Crippen LogP contribution is 2.35. The van der Waals surface area contributed by atoms with E-state index in [4.69, 9.17) is 10.5 Å². The first-order valence-electron chi connectivity index (χ1n) is 13.9. The zero-order valence-electron chi connectivity index (χ0n) is 24.7. The van der Waals surface area contributed by atoms with Crippen molar-refractivity contribution in [1.29, 1.82) is 5.26 Å². The minimum Gasteiger partial charge on any atom is -0.454 e. The summed E-state index contributed by atoms with van der Waals surface area (Å²) >= 11 is 0. The van der Waals surface area contributed by atoms with Crippen molar-refractivity contribution in [3.8, 4) is 28.8 Å². The Hall–Kier alpha value is -4.96. The van der Waals surface area contributed by atoms with Crippen molar-refractivity contribution in [3.63, 3.8) is 0 Å². The third-order valence-corrected chi connectivity index (χ3v) is 7.92. The topological polar surface area (TPSA) is 126 Å². The predicted molar refractivity (Wildman–Crippen MR) is 158 cm³/mol. The van der Waals surface area contributed by atoms with Crippen LogP contribution < -0.4 is 10.5 Å². The molecule has 1 fully saturated rings. The molecule has 228 valence electrons. The van der Waals surface area contributed by atoms with Gasteiger partial charge in [-0.2, -0.15) is 14.8 Å². The fourth-order valence-electron chi connectivity index (χ4n) is 5.06. The lowest BCUT2D eigenvalue weighted by molar-refractivity contribution is -0.127. The van der Waals surface area contributed by atoms with Crippen molar-refractivity contribution in [1.82, 2.24) is 29.5 Å². The molecule has 1 amide bonds. The monoisotopic (exact) mass is 604 g/mol. The Morgan fingerprint density at radius 2 is 1.98 bits per heavy atom. The van der Waals surface area contributed by atoms with Crippen LogP contribution in [0.15, 0.2) is 54.4 Å². The van der Waals surface area contributed by atoms with Gasteiger partial charge in [0.25, 0.3) is 5.91 Å². The molecule has 0 unspecified atom stereocenters. The zero-order valence-corrected chi connectivity index (χ0v) is 24.7. The van der Waals surface area contributed by atoms with E-state index in [2.05, 4.69) is 21.1 Å². The van der Waals surface area contributed by atoms with Crippen LogP contribution in [0.3, 0.4) is 0 Å². The molecule has 0 saturated carbocycles. The summed E-state index contributed by atoms with van der Waals surface area (Å²) in [7, 11) is 3.74. The summed E-state index contributed by atoms with van der Waals surface area (Å²) in [4.78, 5) is 25.5. The van der Waals surface area contributed by atoms with Gasteiger partial charge in [-0.05, 0) is 71.1 Å². The van der Waals surface area contributed by atoms with Gasteiger partial charge in [-0.3, -0.25) is 4.79 Å². The lowest BCUT2D eigenvalue weighted by atomic mass is 9.99. The quantitative estimate of drug-likeness (QED) is 0.218. The normalized spacial score (nSPS) is 15.7. The molecule has 0 spiro atoms. The minimum atomic E-state index is -1.19. The summed E-state index contributed by atoms with van der Waals surface area (Å²) in [5.41, 5.74) is 6.31. The molecule has 0 aliphatic carbocycles. The molecule has 5 rings (SSSR count). The molecule has 1 atom stereocenters. The summed E-state index contributed by atoms with van der Waals surface area (Å²) in [6.07, 6.45) is 4.34. The van der Waals surface area contributed by atoms with Gasteiger partial charge in [0.1, 0.15) is 41.0 Å². The number of likely N-dealkylation sites (tertiary alicyclic amines) is 1. The van der Waals surface area contributed by atoms with Crippen molar-refractivity contribution in [2.24, 2.45) is 0 Å². The minimum absolute atomic E-state index is 0.0516. The molecule has 1 aliphatic rings. The van der Waals surface area contributed by atoms with Crippen LogP contribution in [0.1, 0.15) is 26.7 Å². The first-order chi connectivity index (χ1) is 20.9. The number of nitriles is 1. The SMILES string of the molecule is CN(C)C(C)(C)/C=C(/C#N)C(=O)N1CCC[C@H]1Cn1nc(-c2ccc(Oc3cccc(F)c3F)cc2F)c2c(N)ncnc21. The number of nitrogens with two attached hydrogens (primary N) is 1. The van der Waals surface area contributed by atoms with Crippen molar-refractivity contribution in [3.05, 3.63) is 71.8 Å². The van der Waals surface area contributed by atoms with Gasteiger partial charge in [0.2, 0.25) is 5.82 Å². The number of aromatic nitrogens is 4. The number of hydrogen-bond donors (Lipinski definition) is 1. The maximum Gasteiger partial charge on any atom is 0.264 e. The van der Waals surface area contributed by atoms with E-state index in [1.54, 1.807) is 15.7 Å².